The molecule has 27 heavy (non-hydrogen) atoms. The lowest BCUT2D eigenvalue weighted by Crippen LogP contribution is -2.35. The van der Waals surface area contributed by atoms with Crippen LogP contribution in [0.3, 0.4) is 0 Å². The van der Waals surface area contributed by atoms with Crippen LogP contribution in [0.1, 0.15) is 35.7 Å². The SMILES string of the molecule is Cc1nn(-c2ccccc2)c(NC(=O)NC2CCCc3ccccc32)c1Br. The van der Waals surface area contributed by atoms with Crippen LogP contribution in [0.15, 0.2) is 59.1 Å². The van der Waals surface area contributed by atoms with Crippen molar-refractivity contribution in [3.8, 4) is 5.69 Å². The van der Waals surface area contributed by atoms with Crippen molar-refractivity contribution in [3.63, 3.8) is 0 Å². The van der Waals surface area contributed by atoms with E-state index in [0.717, 1.165) is 35.1 Å². The van der Waals surface area contributed by atoms with Gasteiger partial charge in [0.1, 0.15) is 0 Å². The Labute approximate surface area is 166 Å². The van der Waals surface area contributed by atoms with E-state index in [1.54, 1.807) is 4.68 Å². The number of anilines is 1. The van der Waals surface area contributed by atoms with Crippen LogP contribution in [-0.4, -0.2) is 15.8 Å². The van der Waals surface area contributed by atoms with Gasteiger partial charge in [0.25, 0.3) is 0 Å². The first-order chi connectivity index (χ1) is 13.1. The molecular formula is C21H21BrN4O. The van der Waals surface area contributed by atoms with Crippen LogP contribution >= 0.6 is 15.9 Å². The van der Waals surface area contributed by atoms with Crippen molar-refractivity contribution in [3.05, 3.63) is 75.9 Å². The highest BCUT2D eigenvalue weighted by Crippen LogP contribution is 2.31. The number of carbonyl (C=O) groups is 1. The predicted octanol–water partition coefficient (Wildman–Crippen LogP) is 5.14. The van der Waals surface area contributed by atoms with Crippen molar-refractivity contribution in [2.45, 2.75) is 32.2 Å². The average Bonchev–Trinajstić information content (AvgIpc) is 2.97. The summed E-state index contributed by atoms with van der Waals surface area (Å²) in [6.45, 7) is 1.91. The molecule has 4 rings (SSSR count). The van der Waals surface area contributed by atoms with Crippen LogP contribution in [0.2, 0.25) is 0 Å². The second-order valence-corrected chi connectivity index (χ2v) is 7.53. The van der Waals surface area contributed by atoms with E-state index in [4.69, 9.17) is 0 Å². The molecule has 0 spiro atoms. The Morgan fingerprint density at radius 1 is 1.15 bits per heavy atom. The fraction of sp³-hybridized carbons (Fsp3) is 0.238. The van der Waals surface area contributed by atoms with E-state index in [1.807, 2.05) is 43.3 Å². The summed E-state index contributed by atoms with van der Waals surface area (Å²) in [5.41, 5.74) is 4.24. The first-order valence-corrected chi connectivity index (χ1v) is 9.88. The largest absolute Gasteiger partial charge is 0.331 e. The van der Waals surface area contributed by atoms with Crippen molar-refractivity contribution in [2.75, 3.05) is 5.32 Å². The molecule has 1 heterocycles. The molecule has 1 unspecified atom stereocenters. The third kappa shape index (κ3) is 3.62. The molecule has 1 aliphatic rings. The van der Waals surface area contributed by atoms with E-state index in [1.165, 1.54) is 11.1 Å². The fourth-order valence-corrected chi connectivity index (χ4v) is 3.92. The number of rotatable bonds is 3. The van der Waals surface area contributed by atoms with Crippen molar-refractivity contribution < 1.29 is 4.79 Å². The van der Waals surface area contributed by atoms with Gasteiger partial charge in [-0.05, 0) is 65.4 Å². The minimum absolute atomic E-state index is 0.0305. The normalized spacial score (nSPS) is 15.9. The number of benzene rings is 2. The van der Waals surface area contributed by atoms with Crippen LogP contribution < -0.4 is 10.6 Å². The van der Waals surface area contributed by atoms with E-state index < -0.39 is 0 Å². The van der Waals surface area contributed by atoms with Crippen molar-refractivity contribution in [1.82, 2.24) is 15.1 Å². The number of amides is 2. The lowest BCUT2D eigenvalue weighted by atomic mass is 9.88. The van der Waals surface area contributed by atoms with E-state index in [9.17, 15) is 4.79 Å². The minimum atomic E-state index is -0.227. The summed E-state index contributed by atoms with van der Waals surface area (Å²) >= 11 is 3.55. The number of hydrogen-bond acceptors (Lipinski definition) is 2. The molecule has 0 aliphatic heterocycles. The van der Waals surface area contributed by atoms with Gasteiger partial charge in [-0.1, -0.05) is 42.5 Å². The summed E-state index contributed by atoms with van der Waals surface area (Å²) in [5.74, 6) is 0.625. The van der Waals surface area contributed by atoms with Gasteiger partial charge in [-0.25, -0.2) is 9.48 Å². The van der Waals surface area contributed by atoms with Gasteiger partial charge in [-0.15, -0.1) is 0 Å². The molecule has 6 heteroatoms. The zero-order valence-electron chi connectivity index (χ0n) is 15.1. The monoisotopic (exact) mass is 424 g/mol. The Balaban J connectivity index is 1.56. The van der Waals surface area contributed by atoms with Gasteiger partial charge in [0.15, 0.2) is 5.82 Å². The summed E-state index contributed by atoms with van der Waals surface area (Å²) in [7, 11) is 0. The lowest BCUT2D eigenvalue weighted by Gasteiger charge is -2.26. The van der Waals surface area contributed by atoms with Gasteiger partial charge in [-0.2, -0.15) is 5.10 Å². The smallest absolute Gasteiger partial charge is 0.320 e. The van der Waals surface area contributed by atoms with Gasteiger partial charge in [0.2, 0.25) is 0 Å². The zero-order chi connectivity index (χ0) is 18.8. The van der Waals surface area contributed by atoms with Crippen molar-refractivity contribution >= 4 is 27.8 Å². The molecule has 2 aromatic carbocycles. The molecule has 138 valence electrons. The van der Waals surface area contributed by atoms with Crippen molar-refractivity contribution in [1.29, 1.82) is 0 Å². The van der Waals surface area contributed by atoms with Crippen LogP contribution in [0, 0.1) is 6.92 Å². The van der Waals surface area contributed by atoms with Crippen LogP contribution in [0.25, 0.3) is 5.69 Å². The maximum Gasteiger partial charge on any atom is 0.320 e. The number of aryl methyl sites for hydroxylation is 2. The van der Waals surface area contributed by atoms with Gasteiger partial charge >= 0.3 is 6.03 Å². The molecular weight excluding hydrogens is 404 g/mol. The predicted molar refractivity (Wildman–Crippen MR) is 110 cm³/mol. The Hall–Kier alpha value is -2.60. The molecule has 1 atom stereocenters. The summed E-state index contributed by atoms with van der Waals surface area (Å²) in [6, 6.07) is 17.9. The molecule has 1 aliphatic carbocycles. The molecule has 0 fully saturated rings. The molecule has 0 saturated carbocycles. The Bertz CT molecular complexity index is 968. The molecule has 5 nitrogen and oxygen atoms in total. The minimum Gasteiger partial charge on any atom is -0.331 e. The zero-order valence-corrected chi connectivity index (χ0v) is 16.7. The van der Waals surface area contributed by atoms with E-state index in [0.29, 0.717) is 5.82 Å². The summed E-state index contributed by atoms with van der Waals surface area (Å²) in [5, 5.41) is 10.7. The third-order valence-electron chi connectivity index (χ3n) is 4.89. The number of fused-ring (bicyclic) bond motifs is 1. The van der Waals surface area contributed by atoms with Crippen molar-refractivity contribution in [2.24, 2.45) is 0 Å². The van der Waals surface area contributed by atoms with E-state index >= 15 is 0 Å². The van der Waals surface area contributed by atoms with Crippen LogP contribution in [0.4, 0.5) is 10.6 Å². The molecule has 0 bridgehead atoms. The Kier molecular flexibility index (Phi) is 4.99. The standard InChI is InChI=1S/C21H21BrN4O/c1-14-19(22)20(26(25-14)16-10-3-2-4-11-16)24-21(27)23-18-13-7-9-15-8-5-6-12-17(15)18/h2-6,8,10-12,18H,7,9,13H2,1H3,(H2,23,24,27). The number of halogens is 1. The van der Waals surface area contributed by atoms with Gasteiger partial charge in [0.05, 0.1) is 21.9 Å². The number of nitrogens with one attached hydrogen (secondary N) is 2. The van der Waals surface area contributed by atoms with Crippen LogP contribution in [-0.2, 0) is 6.42 Å². The second kappa shape index (κ2) is 7.56. The maximum atomic E-state index is 12.8. The molecule has 0 radical (unpaired) electrons. The molecule has 0 saturated heterocycles. The first kappa shape index (κ1) is 17.8. The Morgan fingerprint density at radius 3 is 2.70 bits per heavy atom. The average molecular weight is 425 g/mol. The number of nitrogens with zero attached hydrogens (tertiary/aromatic N) is 2. The number of para-hydroxylation sites is 1. The van der Waals surface area contributed by atoms with Gasteiger partial charge in [-0.3, -0.25) is 5.32 Å². The molecule has 1 aromatic heterocycles. The highest BCUT2D eigenvalue weighted by atomic mass is 79.9. The highest BCUT2D eigenvalue weighted by Gasteiger charge is 2.23. The lowest BCUT2D eigenvalue weighted by molar-refractivity contribution is 0.247. The van der Waals surface area contributed by atoms with Crippen LogP contribution in [0.5, 0.6) is 0 Å². The molecule has 3 aromatic rings. The van der Waals surface area contributed by atoms with E-state index in [2.05, 4.69) is 49.9 Å². The fourth-order valence-electron chi connectivity index (χ4n) is 3.58. The maximum absolute atomic E-state index is 12.8. The number of carbonyl (C=O) groups excluding carboxylic acids is 1. The number of hydrogen-bond donors (Lipinski definition) is 2. The topological polar surface area (TPSA) is 59.0 Å². The number of urea groups is 1. The molecule has 2 amide bonds. The highest BCUT2D eigenvalue weighted by molar-refractivity contribution is 9.10. The molecule has 2 N–H and O–H groups in total. The van der Waals surface area contributed by atoms with Gasteiger partial charge in [0, 0.05) is 0 Å². The third-order valence-corrected chi connectivity index (χ3v) is 5.84. The summed E-state index contributed by atoms with van der Waals surface area (Å²) in [6.07, 6.45) is 3.09. The van der Waals surface area contributed by atoms with E-state index in [-0.39, 0.29) is 12.1 Å². The first-order valence-electron chi connectivity index (χ1n) is 9.09. The second-order valence-electron chi connectivity index (χ2n) is 6.74. The summed E-state index contributed by atoms with van der Waals surface area (Å²) < 4.78 is 2.53. The quantitative estimate of drug-likeness (QED) is 0.611. The van der Waals surface area contributed by atoms with Gasteiger partial charge < -0.3 is 5.32 Å². The Morgan fingerprint density at radius 2 is 1.89 bits per heavy atom. The number of aromatic nitrogens is 2. The summed E-state index contributed by atoms with van der Waals surface area (Å²) in [4.78, 5) is 12.8.